The Labute approximate surface area is 480 Å². The number of rotatable bonds is 12. The standard InChI is InChI=1S/C74H45N9/c75-46-53-17-13-15-27-65(53)70-45-69(79-74(80-70)66-28-16-14-18-54(66)47-76)55-41-56(48-77)73(57(42-55)49-78)52-31-29-50(30-32-52)51-33-35-62(36-34-51)83-71-39-37-63(81(58-19-5-1-6-20-58)59-21-7-2-8-22-59)43-67(71)68-44-64(38-40-72(68)83)82(60-23-9-3-10-24-60)61-25-11-4-12-26-61/h1-45H. The number of benzene rings is 11. The zero-order chi connectivity index (χ0) is 56.2. The second-order valence-corrected chi connectivity index (χ2v) is 19.8. The molecule has 0 spiro atoms. The topological polar surface area (TPSA) is 132 Å². The van der Waals surface area contributed by atoms with Crippen LogP contribution in [0, 0.1) is 45.3 Å². The van der Waals surface area contributed by atoms with Crippen LogP contribution in [0.25, 0.3) is 83.6 Å². The predicted molar refractivity (Wildman–Crippen MR) is 332 cm³/mol. The molecule has 2 heterocycles. The monoisotopic (exact) mass is 1060 g/mol. The molecule has 0 amide bonds. The van der Waals surface area contributed by atoms with Crippen LogP contribution in [0.15, 0.2) is 273 Å². The maximum atomic E-state index is 10.7. The summed E-state index contributed by atoms with van der Waals surface area (Å²) >= 11 is 0. The summed E-state index contributed by atoms with van der Waals surface area (Å²) in [7, 11) is 0. The lowest BCUT2D eigenvalue weighted by atomic mass is 9.91. The van der Waals surface area contributed by atoms with Crippen molar-refractivity contribution in [2.45, 2.75) is 0 Å². The second kappa shape index (κ2) is 21.9. The molecule has 2 aromatic heterocycles. The first-order valence-electron chi connectivity index (χ1n) is 26.9. The molecule has 9 nitrogen and oxygen atoms in total. The smallest absolute Gasteiger partial charge is 0.161 e. The number of aromatic nitrogens is 3. The second-order valence-electron chi connectivity index (χ2n) is 19.8. The number of hydrogen-bond donors (Lipinski definition) is 0. The quantitative estimate of drug-likeness (QED) is 0.118. The minimum Gasteiger partial charge on any atom is -0.310 e. The van der Waals surface area contributed by atoms with Gasteiger partial charge in [0.05, 0.1) is 69.0 Å². The molecular weight excluding hydrogens is 1010 g/mol. The van der Waals surface area contributed by atoms with Crippen molar-refractivity contribution < 1.29 is 0 Å². The molecule has 0 fully saturated rings. The maximum Gasteiger partial charge on any atom is 0.161 e. The zero-order valence-corrected chi connectivity index (χ0v) is 44.5. The van der Waals surface area contributed by atoms with Crippen LogP contribution < -0.4 is 9.80 Å². The molecule has 83 heavy (non-hydrogen) atoms. The van der Waals surface area contributed by atoms with Gasteiger partial charge in [-0.3, -0.25) is 0 Å². The van der Waals surface area contributed by atoms with E-state index in [0.29, 0.717) is 61.5 Å². The van der Waals surface area contributed by atoms with E-state index in [-0.39, 0.29) is 5.82 Å². The Bertz CT molecular complexity index is 4430. The van der Waals surface area contributed by atoms with Crippen LogP contribution in [0.2, 0.25) is 0 Å². The summed E-state index contributed by atoms with van der Waals surface area (Å²) in [6.45, 7) is 0. The highest BCUT2D eigenvalue weighted by Gasteiger charge is 2.22. The van der Waals surface area contributed by atoms with Gasteiger partial charge in [-0.15, -0.1) is 0 Å². The minimum absolute atomic E-state index is 0.273. The molecule has 13 rings (SSSR count). The third-order valence-electron chi connectivity index (χ3n) is 15.0. The van der Waals surface area contributed by atoms with Crippen molar-refractivity contribution in [2.24, 2.45) is 0 Å². The first-order chi connectivity index (χ1) is 41.0. The lowest BCUT2D eigenvalue weighted by Gasteiger charge is -2.26. The fourth-order valence-corrected chi connectivity index (χ4v) is 11.1. The van der Waals surface area contributed by atoms with Gasteiger partial charge in [-0.1, -0.05) is 140 Å². The van der Waals surface area contributed by atoms with Gasteiger partial charge in [0, 0.05) is 72.8 Å². The van der Waals surface area contributed by atoms with Crippen LogP contribution >= 0.6 is 0 Å². The van der Waals surface area contributed by atoms with Crippen LogP contribution in [-0.4, -0.2) is 14.5 Å². The normalized spacial score (nSPS) is 10.8. The SMILES string of the molecule is N#Cc1ccccc1-c1cc(-c2cc(C#N)c(-c3ccc(-c4ccc(-n5c6ccc(N(c7ccccc7)c7ccccc7)cc6c6cc(N(c7ccccc7)c7ccccc7)ccc65)cc4)cc3)c(C#N)c2)nc(-c2ccccc2C#N)n1. The Hall–Kier alpha value is -12.1. The average molecular weight is 1060 g/mol. The molecule has 0 bridgehead atoms. The van der Waals surface area contributed by atoms with Crippen molar-refractivity contribution in [1.29, 1.82) is 21.0 Å². The predicted octanol–water partition coefficient (Wildman–Crippen LogP) is 18.3. The first kappa shape index (κ1) is 50.4. The molecule has 386 valence electrons. The van der Waals surface area contributed by atoms with Crippen molar-refractivity contribution >= 4 is 55.9 Å². The fourth-order valence-electron chi connectivity index (χ4n) is 11.1. The van der Waals surface area contributed by atoms with Gasteiger partial charge in [0.15, 0.2) is 5.82 Å². The highest BCUT2D eigenvalue weighted by Crippen LogP contribution is 2.44. The summed E-state index contributed by atoms with van der Waals surface area (Å²) in [5.74, 6) is 0.273. The Morgan fingerprint density at radius 1 is 0.301 bits per heavy atom. The molecule has 0 saturated carbocycles. The van der Waals surface area contributed by atoms with E-state index < -0.39 is 0 Å². The van der Waals surface area contributed by atoms with Crippen molar-refractivity contribution in [3.05, 3.63) is 295 Å². The van der Waals surface area contributed by atoms with Gasteiger partial charge in [0.2, 0.25) is 0 Å². The molecule has 0 aliphatic heterocycles. The molecule has 0 atom stereocenters. The molecule has 0 radical (unpaired) electrons. The molecule has 0 unspecified atom stereocenters. The van der Waals surface area contributed by atoms with Crippen LogP contribution in [-0.2, 0) is 0 Å². The molecular formula is C74H45N9. The van der Waals surface area contributed by atoms with E-state index in [4.69, 9.17) is 9.97 Å². The summed E-state index contributed by atoms with van der Waals surface area (Å²) in [6, 6.07) is 100. The number of para-hydroxylation sites is 4. The Balaban J connectivity index is 0.877. The Kier molecular flexibility index (Phi) is 13.3. The van der Waals surface area contributed by atoms with E-state index >= 15 is 0 Å². The van der Waals surface area contributed by atoms with Crippen molar-refractivity contribution in [3.63, 3.8) is 0 Å². The highest BCUT2D eigenvalue weighted by atomic mass is 15.1. The molecule has 0 aliphatic rings. The third kappa shape index (κ3) is 9.52. The molecule has 0 N–H and O–H groups in total. The maximum absolute atomic E-state index is 10.7. The summed E-state index contributed by atoms with van der Waals surface area (Å²) < 4.78 is 2.34. The van der Waals surface area contributed by atoms with E-state index in [1.165, 1.54) is 0 Å². The molecule has 0 aliphatic carbocycles. The number of hydrogen-bond acceptors (Lipinski definition) is 8. The van der Waals surface area contributed by atoms with Gasteiger partial charge >= 0.3 is 0 Å². The summed E-state index contributed by atoms with van der Waals surface area (Å²) in [4.78, 5) is 14.4. The first-order valence-corrected chi connectivity index (χ1v) is 26.9. The lowest BCUT2D eigenvalue weighted by molar-refractivity contribution is 1.18. The Morgan fingerprint density at radius 2 is 0.687 bits per heavy atom. The van der Waals surface area contributed by atoms with Crippen LogP contribution in [0.4, 0.5) is 34.1 Å². The van der Waals surface area contributed by atoms with Gasteiger partial charge in [-0.05, 0) is 150 Å². The Morgan fingerprint density at radius 3 is 1.14 bits per heavy atom. The summed E-state index contributed by atoms with van der Waals surface area (Å²) in [5.41, 5.74) is 16.5. The van der Waals surface area contributed by atoms with Crippen LogP contribution in [0.1, 0.15) is 22.3 Å². The van der Waals surface area contributed by atoms with E-state index in [1.54, 1.807) is 48.5 Å². The van der Waals surface area contributed by atoms with E-state index in [1.807, 2.05) is 66.7 Å². The number of fused-ring (bicyclic) bond motifs is 3. The van der Waals surface area contributed by atoms with Crippen LogP contribution in [0.5, 0.6) is 0 Å². The fraction of sp³-hybridized carbons (Fsp3) is 0. The average Bonchev–Trinajstić information content (AvgIpc) is 4.07. The number of nitrogens with zero attached hydrogens (tertiary/aromatic N) is 9. The van der Waals surface area contributed by atoms with E-state index in [2.05, 4.69) is 196 Å². The summed E-state index contributed by atoms with van der Waals surface area (Å²) in [6.07, 6.45) is 0. The molecule has 11 aromatic carbocycles. The van der Waals surface area contributed by atoms with Crippen molar-refractivity contribution in [2.75, 3.05) is 9.80 Å². The lowest BCUT2D eigenvalue weighted by Crippen LogP contribution is -2.09. The van der Waals surface area contributed by atoms with Crippen molar-refractivity contribution in [3.8, 4) is 86.1 Å². The largest absolute Gasteiger partial charge is 0.310 e. The third-order valence-corrected chi connectivity index (χ3v) is 15.0. The van der Waals surface area contributed by atoms with E-state index in [9.17, 15) is 21.0 Å². The molecule has 0 saturated heterocycles. The molecule has 9 heteroatoms. The highest BCUT2D eigenvalue weighted by molar-refractivity contribution is 6.12. The van der Waals surface area contributed by atoms with E-state index in [0.717, 1.165) is 72.7 Å². The molecule has 13 aromatic rings. The minimum atomic E-state index is 0.273. The summed E-state index contributed by atoms with van der Waals surface area (Å²) in [5, 5.41) is 43.7. The number of nitriles is 4. The van der Waals surface area contributed by atoms with Gasteiger partial charge in [-0.2, -0.15) is 21.0 Å². The van der Waals surface area contributed by atoms with Gasteiger partial charge < -0.3 is 14.4 Å². The van der Waals surface area contributed by atoms with Crippen LogP contribution in [0.3, 0.4) is 0 Å². The number of anilines is 6. The van der Waals surface area contributed by atoms with Gasteiger partial charge in [0.25, 0.3) is 0 Å². The van der Waals surface area contributed by atoms with Gasteiger partial charge in [-0.25, -0.2) is 9.97 Å². The zero-order valence-electron chi connectivity index (χ0n) is 44.5. The van der Waals surface area contributed by atoms with Crippen molar-refractivity contribution in [1.82, 2.24) is 14.5 Å². The van der Waals surface area contributed by atoms with Gasteiger partial charge in [0.1, 0.15) is 0 Å².